The molecule has 5 atom stereocenters. The highest BCUT2D eigenvalue weighted by molar-refractivity contribution is 5.55. The minimum Gasteiger partial charge on any atom is -0.507 e. The third-order valence-electron chi connectivity index (χ3n) is 11.8. The summed E-state index contributed by atoms with van der Waals surface area (Å²) in [6.45, 7) is 4.59. The van der Waals surface area contributed by atoms with Crippen LogP contribution in [-0.2, 0) is 11.8 Å². The first kappa shape index (κ1) is 19.4. The van der Waals surface area contributed by atoms with Gasteiger partial charge in [0.25, 0.3) is 0 Å². The van der Waals surface area contributed by atoms with Gasteiger partial charge in [-0.15, -0.1) is 0 Å². The van der Waals surface area contributed by atoms with E-state index < -0.39 is 0 Å². The van der Waals surface area contributed by atoms with Crippen LogP contribution in [0.3, 0.4) is 0 Å². The molecule has 0 aliphatic heterocycles. The number of rotatable bonds is 1. The molecule has 8 rings (SSSR count). The Hall–Kier alpha value is -1.02. The van der Waals surface area contributed by atoms with Crippen LogP contribution < -0.4 is 0 Å². The second-order valence-corrected chi connectivity index (χ2v) is 13.2. The van der Waals surface area contributed by atoms with Crippen LogP contribution in [0, 0.1) is 41.9 Å². The standard InChI is InChI=1S/C29H40O2/c1-16-20-3-4-22-21(7-8-28(2)24(22)5-6-26(28)30)23(20)12-25(27(16)31)29-13-17-9-18(14-29)11-19(10-17)15-29/h12,17-19,21-22,24,26,30-31H,3-11,13-15H2,1-2H3/t17?,18?,19?,21-,22+,24-,26-,28-,29?/m0/s1. The second kappa shape index (κ2) is 6.31. The van der Waals surface area contributed by atoms with Crippen LogP contribution in [0.1, 0.15) is 106 Å². The Labute approximate surface area is 187 Å². The van der Waals surface area contributed by atoms with Gasteiger partial charge in [0.2, 0.25) is 0 Å². The average Bonchev–Trinajstić information content (AvgIpc) is 3.04. The Morgan fingerprint density at radius 3 is 2.29 bits per heavy atom. The van der Waals surface area contributed by atoms with Gasteiger partial charge < -0.3 is 10.2 Å². The van der Waals surface area contributed by atoms with Crippen molar-refractivity contribution in [3.8, 4) is 5.75 Å². The van der Waals surface area contributed by atoms with E-state index in [4.69, 9.17) is 0 Å². The van der Waals surface area contributed by atoms with Crippen molar-refractivity contribution in [3.05, 3.63) is 28.3 Å². The highest BCUT2D eigenvalue weighted by atomic mass is 16.3. The van der Waals surface area contributed by atoms with Gasteiger partial charge in [-0.25, -0.2) is 0 Å². The number of phenols is 1. The van der Waals surface area contributed by atoms with Gasteiger partial charge in [-0.3, -0.25) is 0 Å². The van der Waals surface area contributed by atoms with Crippen molar-refractivity contribution in [2.75, 3.05) is 0 Å². The number of aliphatic hydroxyl groups is 1. The van der Waals surface area contributed by atoms with Gasteiger partial charge in [-0.2, -0.15) is 0 Å². The fourth-order valence-corrected chi connectivity index (χ4v) is 10.7. The lowest BCUT2D eigenvalue weighted by Crippen LogP contribution is -2.49. The van der Waals surface area contributed by atoms with E-state index in [9.17, 15) is 10.2 Å². The monoisotopic (exact) mass is 420 g/mol. The lowest BCUT2D eigenvalue weighted by molar-refractivity contribution is -0.0229. The molecule has 0 unspecified atom stereocenters. The van der Waals surface area contributed by atoms with E-state index in [1.165, 1.54) is 80.9 Å². The number of aromatic hydroxyl groups is 1. The third kappa shape index (κ3) is 2.49. The van der Waals surface area contributed by atoms with Gasteiger partial charge in [-0.1, -0.05) is 13.0 Å². The van der Waals surface area contributed by atoms with Crippen molar-refractivity contribution in [1.29, 1.82) is 0 Å². The molecule has 0 spiro atoms. The van der Waals surface area contributed by atoms with Crippen molar-refractivity contribution < 1.29 is 10.2 Å². The lowest BCUT2D eigenvalue weighted by Gasteiger charge is -2.57. The topological polar surface area (TPSA) is 40.5 Å². The minimum absolute atomic E-state index is 0.0935. The summed E-state index contributed by atoms with van der Waals surface area (Å²) in [5.41, 5.74) is 6.06. The Morgan fingerprint density at radius 1 is 0.935 bits per heavy atom. The predicted octanol–water partition coefficient (Wildman–Crippen LogP) is 6.39. The summed E-state index contributed by atoms with van der Waals surface area (Å²) in [4.78, 5) is 0. The molecule has 2 N–H and O–H groups in total. The quantitative estimate of drug-likeness (QED) is 0.553. The molecule has 2 heteroatoms. The maximum absolute atomic E-state index is 11.5. The summed E-state index contributed by atoms with van der Waals surface area (Å²) in [7, 11) is 0. The molecule has 6 fully saturated rings. The van der Waals surface area contributed by atoms with Crippen LogP contribution in [0.4, 0.5) is 0 Å². The van der Waals surface area contributed by atoms with Gasteiger partial charge in [0.05, 0.1) is 6.10 Å². The van der Waals surface area contributed by atoms with Gasteiger partial charge in [0.15, 0.2) is 0 Å². The van der Waals surface area contributed by atoms with Crippen LogP contribution in [-0.4, -0.2) is 16.3 Å². The maximum Gasteiger partial charge on any atom is 0.122 e. The van der Waals surface area contributed by atoms with Gasteiger partial charge in [0.1, 0.15) is 5.75 Å². The molecule has 4 bridgehead atoms. The molecular weight excluding hydrogens is 380 g/mol. The van der Waals surface area contributed by atoms with E-state index >= 15 is 0 Å². The molecule has 168 valence electrons. The fraction of sp³-hybridized carbons (Fsp3) is 0.793. The van der Waals surface area contributed by atoms with Crippen LogP contribution in [0.2, 0.25) is 0 Å². The first-order valence-electron chi connectivity index (χ1n) is 13.4. The molecule has 31 heavy (non-hydrogen) atoms. The zero-order valence-electron chi connectivity index (χ0n) is 19.5. The Balaban J connectivity index is 1.32. The lowest BCUT2D eigenvalue weighted by atomic mass is 9.47. The molecule has 1 aromatic rings. The Bertz CT molecular complexity index is 896. The smallest absolute Gasteiger partial charge is 0.122 e. The first-order chi connectivity index (χ1) is 14.9. The third-order valence-corrected chi connectivity index (χ3v) is 11.8. The molecule has 2 nitrogen and oxygen atoms in total. The maximum atomic E-state index is 11.5. The number of hydrogen-bond acceptors (Lipinski definition) is 2. The number of benzene rings is 1. The van der Waals surface area contributed by atoms with Crippen LogP contribution in [0.15, 0.2) is 6.07 Å². The van der Waals surface area contributed by atoms with Crippen molar-refractivity contribution in [3.63, 3.8) is 0 Å². The summed E-state index contributed by atoms with van der Waals surface area (Å²) in [5.74, 6) is 5.46. The van der Waals surface area contributed by atoms with Gasteiger partial charge >= 0.3 is 0 Å². The SMILES string of the molecule is Cc1c(O)c(C23CC4CC(CC(C4)C2)C3)cc2c1CC[C@@H]1[C@@H]2CC[C@]2(C)[C@@H](O)CC[C@@H]12. The molecule has 0 heterocycles. The Morgan fingerprint density at radius 2 is 1.61 bits per heavy atom. The molecule has 6 saturated carbocycles. The second-order valence-electron chi connectivity index (χ2n) is 13.2. The normalized spacial score (nSPS) is 49.6. The average molecular weight is 421 g/mol. The summed E-state index contributed by atoms with van der Waals surface area (Å²) in [6.07, 6.45) is 15.2. The number of aliphatic hydroxyl groups excluding tert-OH is 1. The van der Waals surface area contributed by atoms with E-state index in [1.54, 1.807) is 5.56 Å². The van der Waals surface area contributed by atoms with Crippen molar-refractivity contribution >= 4 is 0 Å². The van der Waals surface area contributed by atoms with Crippen LogP contribution in [0.25, 0.3) is 0 Å². The fourth-order valence-electron chi connectivity index (χ4n) is 10.7. The molecule has 0 saturated heterocycles. The largest absolute Gasteiger partial charge is 0.507 e. The van der Waals surface area contributed by atoms with Crippen molar-refractivity contribution in [2.45, 2.75) is 108 Å². The number of hydrogen-bond donors (Lipinski definition) is 2. The summed E-state index contributed by atoms with van der Waals surface area (Å²) in [5, 5.41) is 22.3. The molecule has 0 radical (unpaired) electrons. The summed E-state index contributed by atoms with van der Waals surface area (Å²) in [6, 6.07) is 2.55. The van der Waals surface area contributed by atoms with Gasteiger partial charge in [0, 0.05) is 5.56 Å². The zero-order valence-corrected chi connectivity index (χ0v) is 19.5. The number of fused-ring (bicyclic) bond motifs is 5. The van der Waals surface area contributed by atoms with E-state index in [2.05, 4.69) is 19.9 Å². The molecule has 0 aromatic heterocycles. The van der Waals surface area contributed by atoms with Crippen molar-refractivity contribution in [2.24, 2.45) is 35.0 Å². The van der Waals surface area contributed by atoms with E-state index in [1.807, 2.05) is 0 Å². The molecule has 7 aliphatic carbocycles. The van der Waals surface area contributed by atoms with Crippen LogP contribution >= 0.6 is 0 Å². The minimum atomic E-state index is -0.0935. The molecular formula is C29H40O2. The number of phenolic OH excluding ortho intramolecular Hbond substituents is 1. The highest BCUT2D eigenvalue weighted by Gasteiger charge is 2.56. The Kier molecular flexibility index (Phi) is 3.96. The molecule has 0 amide bonds. The zero-order chi connectivity index (χ0) is 21.1. The van der Waals surface area contributed by atoms with E-state index in [0.29, 0.717) is 17.6 Å². The van der Waals surface area contributed by atoms with Gasteiger partial charge in [-0.05, 0) is 147 Å². The highest BCUT2D eigenvalue weighted by Crippen LogP contribution is 2.64. The van der Waals surface area contributed by atoms with E-state index in [-0.39, 0.29) is 16.9 Å². The van der Waals surface area contributed by atoms with Crippen molar-refractivity contribution in [1.82, 2.24) is 0 Å². The summed E-state index contributed by atoms with van der Waals surface area (Å²) < 4.78 is 0. The molecule has 7 aliphatic rings. The summed E-state index contributed by atoms with van der Waals surface area (Å²) >= 11 is 0. The first-order valence-corrected chi connectivity index (χ1v) is 13.4. The molecule has 1 aromatic carbocycles. The van der Waals surface area contributed by atoms with E-state index in [0.717, 1.165) is 36.5 Å². The van der Waals surface area contributed by atoms with Crippen LogP contribution in [0.5, 0.6) is 5.75 Å². The predicted molar refractivity (Wildman–Crippen MR) is 123 cm³/mol.